The minimum atomic E-state index is -5.32. The quantitative estimate of drug-likeness (QED) is 0.559. The molecule has 3 atom stereocenters. The summed E-state index contributed by atoms with van der Waals surface area (Å²) < 4.78 is 54.0. The molecule has 2 amide bonds. The Morgan fingerprint density at radius 1 is 1.19 bits per heavy atom. The van der Waals surface area contributed by atoms with E-state index >= 15 is 0 Å². The van der Waals surface area contributed by atoms with Gasteiger partial charge in [-0.15, -0.1) is 11.3 Å². The number of hydrogen-bond acceptors (Lipinski definition) is 4. The Morgan fingerprint density at radius 3 is 2.38 bits per heavy atom. The Bertz CT molecular complexity index is 823. The van der Waals surface area contributed by atoms with Crippen LogP contribution in [0.25, 0.3) is 0 Å². The SMILES string of the molecule is O=C1NC(c2ccc(F)cc2)C(C(=O)c2cccs2)C(O)(C(F)(F)F)N1. The lowest BCUT2D eigenvalue weighted by molar-refractivity contribution is -0.287. The van der Waals surface area contributed by atoms with E-state index in [1.165, 1.54) is 22.8 Å². The predicted octanol–water partition coefficient (Wildman–Crippen LogP) is 2.99. The Morgan fingerprint density at radius 2 is 1.85 bits per heavy atom. The van der Waals surface area contributed by atoms with Gasteiger partial charge in [0, 0.05) is 0 Å². The summed E-state index contributed by atoms with van der Waals surface area (Å²) in [6.07, 6.45) is -5.32. The summed E-state index contributed by atoms with van der Waals surface area (Å²) in [5, 5.41) is 15.5. The van der Waals surface area contributed by atoms with Gasteiger partial charge in [0.25, 0.3) is 0 Å². The van der Waals surface area contributed by atoms with Crippen molar-refractivity contribution in [3.63, 3.8) is 0 Å². The molecular weight excluding hydrogens is 376 g/mol. The van der Waals surface area contributed by atoms with E-state index in [0.29, 0.717) is 0 Å². The highest BCUT2D eigenvalue weighted by atomic mass is 32.1. The van der Waals surface area contributed by atoms with Crippen molar-refractivity contribution < 1.29 is 32.3 Å². The lowest BCUT2D eigenvalue weighted by Crippen LogP contribution is -2.72. The number of rotatable bonds is 3. The van der Waals surface area contributed by atoms with Gasteiger partial charge in [0.2, 0.25) is 5.72 Å². The van der Waals surface area contributed by atoms with Crippen molar-refractivity contribution in [3.8, 4) is 0 Å². The minimum absolute atomic E-state index is 0.0114. The van der Waals surface area contributed by atoms with Gasteiger partial charge in [-0.3, -0.25) is 4.79 Å². The summed E-state index contributed by atoms with van der Waals surface area (Å²) in [6.45, 7) is 0. The predicted molar refractivity (Wildman–Crippen MR) is 84.0 cm³/mol. The van der Waals surface area contributed by atoms with Crippen LogP contribution in [0.5, 0.6) is 0 Å². The molecule has 0 saturated carbocycles. The molecule has 138 valence electrons. The average molecular weight is 388 g/mol. The van der Waals surface area contributed by atoms with Crippen LogP contribution in [-0.2, 0) is 0 Å². The first kappa shape index (κ1) is 18.3. The summed E-state index contributed by atoms with van der Waals surface area (Å²) >= 11 is 0.908. The molecule has 0 bridgehead atoms. The van der Waals surface area contributed by atoms with Crippen molar-refractivity contribution in [2.24, 2.45) is 5.92 Å². The van der Waals surface area contributed by atoms with E-state index in [4.69, 9.17) is 0 Å². The third kappa shape index (κ3) is 3.06. The smallest absolute Gasteiger partial charge is 0.363 e. The van der Waals surface area contributed by atoms with Gasteiger partial charge < -0.3 is 15.7 Å². The summed E-state index contributed by atoms with van der Waals surface area (Å²) in [4.78, 5) is 24.5. The van der Waals surface area contributed by atoms with E-state index in [2.05, 4.69) is 5.32 Å². The van der Waals surface area contributed by atoms with Gasteiger partial charge in [-0.1, -0.05) is 18.2 Å². The van der Waals surface area contributed by atoms with Crippen LogP contribution in [0, 0.1) is 11.7 Å². The first-order valence-corrected chi connectivity index (χ1v) is 8.22. The number of thiophene rings is 1. The standard InChI is InChI=1S/C16H12F4N2O3S/c17-9-5-3-8(4-6-9)12-11(13(23)10-2-1-7-26-10)15(25,16(18,19)20)22-14(24)21-12/h1-7,11-12,25H,(H2,21,22,24). The number of Topliss-reactive ketones (excluding diaryl/α,β-unsaturated/α-hetero) is 1. The fourth-order valence-electron chi connectivity index (χ4n) is 2.86. The third-order valence-electron chi connectivity index (χ3n) is 4.08. The topological polar surface area (TPSA) is 78.4 Å². The normalized spacial score (nSPS) is 26.1. The first-order valence-electron chi connectivity index (χ1n) is 7.34. The molecule has 10 heteroatoms. The van der Waals surface area contributed by atoms with Crippen LogP contribution in [0.3, 0.4) is 0 Å². The molecule has 1 aromatic heterocycles. The van der Waals surface area contributed by atoms with Crippen LogP contribution in [0.1, 0.15) is 21.3 Å². The highest BCUT2D eigenvalue weighted by Crippen LogP contribution is 2.44. The number of nitrogens with one attached hydrogen (secondary N) is 2. The van der Waals surface area contributed by atoms with Crippen LogP contribution >= 0.6 is 11.3 Å². The molecule has 3 unspecified atom stereocenters. The number of halogens is 4. The van der Waals surface area contributed by atoms with Crippen molar-refractivity contribution in [2.45, 2.75) is 17.9 Å². The number of alkyl halides is 3. The first-order chi connectivity index (χ1) is 12.1. The Balaban J connectivity index is 2.14. The Kier molecular flexibility index (Phi) is 4.49. The number of urea groups is 1. The number of carbonyl (C=O) groups excluding carboxylic acids is 2. The van der Waals surface area contributed by atoms with Gasteiger partial charge in [-0.2, -0.15) is 13.2 Å². The molecule has 1 saturated heterocycles. The maximum atomic E-state index is 13.6. The molecule has 2 aromatic rings. The fourth-order valence-corrected chi connectivity index (χ4v) is 3.56. The largest absolute Gasteiger partial charge is 0.437 e. The summed E-state index contributed by atoms with van der Waals surface area (Å²) in [5.74, 6) is -3.74. The zero-order chi connectivity index (χ0) is 19.1. The molecule has 2 heterocycles. The van der Waals surface area contributed by atoms with Gasteiger partial charge in [-0.05, 0) is 29.1 Å². The maximum Gasteiger partial charge on any atom is 0.437 e. The number of aliphatic hydroxyl groups is 1. The zero-order valence-electron chi connectivity index (χ0n) is 12.9. The van der Waals surface area contributed by atoms with Gasteiger partial charge >= 0.3 is 12.2 Å². The summed E-state index contributed by atoms with van der Waals surface area (Å²) in [5.41, 5.74) is -3.73. The number of ketones is 1. The lowest BCUT2D eigenvalue weighted by Gasteiger charge is -2.44. The van der Waals surface area contributed by atoms with Crippen molar-refractivity contribution in [1.29, 1.82) is 0 Å². The number of benzene rings is 1. The maximum absolute atomic E-state index is 13.6. The van der Waals surface area contributed by atoms with Gasteiger partial charge in [0.15, 0.2) is 5.78 Å². The van der Waals surface area contributed by atoms with E-state index in [-0.39, 0.29) is 10.4 Å². The fraction of sp³-hybridized carbons (Fsp3) is 0.250. The van der Waals surface area contributed by atoms with Crippen molar-refractivity contribution >= 4 is 23.2 Å². The van der Waals surface area contributed by atoms with E-state index in [1.54, 1.807) is 0 Å². The molecule has 26 heavy (non-hydrogen) atoms. The highest BCUT2D eigenvalue weighted by Gasteiger charge is 2.66. The Labute approximate surface area is 148 Å². The molecule has 1 fully saturated rings. The van der Waals surface area contributed by atoms with Crippen LogP contribution < -0.4 is 10.6 Å². The van der Waals surface area contributed by atoms with Crippen molar-refractivity contribution in [3.05, 3.63) is 58.0 Å². The molecule has 1 aromatic carbocycles. The zero-order valence-corrected chi connectivity index (χ0v) is 13.7. The molecule has 0 radical (unpaired) electrons. The number of amides is 2. The van der Waals surface area contributed by atoms with E-state index in [0.717, 1.165) is 35.6 Å². The molecule has 0 spiro atoms. The minimum Gasteiger partial charge on any atom is -0.363 e. The summed E-state index contributed by atoms with van der Waals surface area (Å²) in [7, 11) is 0. The molecule has 3 N–H and O–H groups in total. The molecule has 0 aliphatic carbocycles. The third-order valence-corrected chi connectivity index (χ3v) is 4.97. The van der Waals surface area contributed by atoms with Crippen molar-refractivity contribution in [1.82, 2.24) is 10.6 Å². The molecule has 1 aliphatic rings. The summed E-state index contributed by atoms with van der Waals surface area (Å²) in [6, 6.07) is 4.27. The van der Waals surface area contributed by atoms with Crippen LogP contribution in [0.4, 0.5) is 22.4 Å². The van der Waals surface area contributed by atoms with Gasteiger partial charge in [-0.25, -0.2) is 9.18 Å². The lowest BCUT2D eigenvalue weighted by atomic mass is 9.78. The van der Waals surface area contributed by atoms with Crippen molar-refractivity contribution in [2.75, 3.05) is 0 Å². The second-order valence-corrected chi connectivity index (χ2v) is 6.66. The monoisotopic (exact) mass is 388 g/mol. The van der Waals surface area contributed by atoms with E-state index in [1.807, 2.05) is 0 Å². The number of carbonyl (C=O) groups is 2. The van der Waals surface area contributed by atoms with Crippen LogP contribution in [0.15, 0.2) is 41.8 Å². The van der Waals surface area contributed by atoms with E-state index in [9.17, 15) is 32.3 Å². The highest BCUT2D eigenvalue weighted by molar-refractivity contribution is 7.12. The number of hydrogen-bond donors (Lipinski definition) is 3. The molecule has 5 nitrogen and oxygen atoms in total. The van der Waals surface area contributed by atoms with Gasteiger partial charge in [0.1, 0.15) is 11.7 Å². The second kappa shape index (κ2) is 6.36. The molecular formula is C16H12F4N2O3S. The Hall–Kier alpha value is -2.46. The van der Waals surface area contributed by atoms with Crippen LogP contribution in [-0.4, -0.2) is 28.8 Å². The van der Waals surface area contributed by atoms with Gasteiger partial charge in [0.05, 0.1) is 10.9 Å². The molecule has 1 aliphatic heterocycles. The van der Waals surface area contributed by atoms with Crippen LogP contribution in [0.2, 0.25) is 0 Å². The van der Waals surface area contributed by atoms with E-state index < -0.39 is 41.5 Å². The molecule has 3 rings (SSSR count). The average Bonchev–Trinajstić information content (AvgIpc) is 3.08. The second-order valence-electron chi connectivity index (χ2n) is 5.71.